The summed E-state index contributed by atoms with van der Waals surface area (Å²) in [5, 5.41) is 4.19. The van der Waals surface area contributed by atoms with Crippen molar-refractivity contribution in [1.82, 2.24) is 14.9 Å². The fraction of sp³-hybridized carbons (Fsp3) is 0.240. The van der Waals surface area contributed by atoms with Gasteiger partial charge in [0.2, 0.25) is 5.95 Å². The molecule has 0 atom stereocenters. The molecule has 1 fully saturated rings. The molecule has 0 amide bonds. The van der Waals surface area contributed by atoms with Crippen LogP contribution in [-0.4, -0.2) is 34.6 Å². The average molecular weight is 570 g/mol. The molecule has 2 aromatic carbocycles. The van der Waals surface area contributed by atoms with E-state index in [-0.39, 0.29) is 0 Å². The van der Waals surface area contributed by atoms with Gasteiger partial charge in [0.25, 0.3) is 0 Å². The molecule has 3 heterocycles. The number of halogens is 2. The lowest BCUT2D eigenvalue weighted by Gasteiger charge is -2.26. The van der Waals surface area contributed by atoms with Gasteiger partial charge in [-0.25, -0.2) is 14.8 Å². The number of piperidine rings is 1. The first-order valence-electron chi connectivity index (χ1n) is 10.9. The summed E-state index contributed by atoms with van der Waals surface area (Å²) in [6, 6.07) is 17.1. The summed E-state index contributed by atoms with van der Waals surface area (Å²) < 4.78 is 7.43. The summed E-state index contributed by atoms with van der Waals surface area (Å²) in [4.78, 5) is 24.7. The first-order valence-corrected chi connectivity index (χ1v) is 12.5. The van der Waals surface area contributed by atoms with Crippen molar-refractivity contribution in [3.8, 4) is 22.5 Å². The molecule has 8 heteroatoms. The monoisotopic (exact) mass is 568 g/mol. The summed E-state index contributed by atoms with van der Waals surface area (Å²) in [5.41, 5.74) is 2.68. The maximum atomic E-state index is 12.9. The van der Waals surface area contributed by atoms with Gasteiger partial charge >= 0.3 is 5.63 Å². The minimum Gasteiger partial charge on any atom is -0.422 e. The Morgan fingerprint density at radius 1 is 0.909 bits per heavy atom. The van der Waals surface area contributed by atoms with Crippen molar-refractivity contribution < 1.29 is 4.42 Å². The fourth-order valence-electron chi connectivity index (χ4n) is 4.04. The smallest absolute Gasteiger partial charge is 0.345 e. The van der Waals surface area contributed by atoms with Gasteiger partial charge in [0.05, 0.1) is 23.6 Å². The number of nitrogens with zero attached hydrogens (tertiary/aromatic N) is 3. The van der Waals surface area contributed by atoms with Gasteiger partial charge in [0, 0.05) is 19.9 Å². The number of hydrogen-bond donors (Lipinski definition) is 1. The highest BCUT2D eigenvalue weighted by atomic mass is 79.9. The van der Waals surface area contributed by atoms with Crippen molar-refractivity contribution in [1.29, 1.82) is 0 Å². The van der Waals surface area contributed by atoms with Crippen LogP contribution in [0.1, 0.15) is 19.3 Å². The normalized spacial score (nSPS) is 14.5. The van der Waals surface area contributed by atoms with Gasteiger partial charge in [0.15, 0.2) is 0 Å². The second kappa shape index (κ2) is 9.75. The number of benzene rings is 2. The van der Waals surface area contributed by atoms with E-state index in [1.54, 1.807) is 6.07 Å². The van der Waals surface area contributed by atoms with Crippen LogP contribution in [0.5, 0.6) is 0 Å². The van der Waals surface area contributed by atoms with E-state index in [2.05, 4.69) is 42.1 Å². The summed E-state index contributed by atoms with van der Waals surface area (Å²) >= 11 is 7.11. The Morgan fingerprint density at radius 2 is 1.67 bits per heavy atom. The predicted octanol–water partition coefficient (Wildman–Crippen LogP) is 6.30. The first-order chi connectivity index (χ1) is 16.1. The van der Waals surface area contributed by atoms with E-state index in [9.17, 15) is 4.79 Å². The van der Waals surface area contributed by atoms with Crippen LogP contribution < -0.4 is 10.9 Å². The molecule has 1 N–H and O–H groups in total. The minimum absolute atomic E-state index is 0.400. The molecule has 168 valence electrons. The van der Waals surface area contributed by atoms with Crippen molar-refractivity contribution in [3.63, 3.8) is 0 Å². The van der Waals surface area contributed by atoms with Crippen LogP contribution >= 0.6 is 31.9 Å². The third kappa shape index (κ3) is 5.03. The number of hydrogen-bond acceptors (Lipinski definition) is 6. The number of anilines is 1. The Kier molecular flexibility index (Phi) is 6.57. The van der Waals surface area contributed by atoms with E-state index in [0.29, 0.717) is 29.5 Å². The predicted molar refractivity (Wildman–Crippen MR) is 138 cm³/mol. The van der Waals surface area contributed by atoms with Crippen molar-refractivity contribution in [2.24, 2.45) is 0 Å². The molecule has 0 unspecified atom stereocenters. The molecule has 1 aliphatic heterocycles. The lowest BCUT2D eigenvalue weighted by atomic mass is 10.1. The quantitative estimate of drug-likeness (QED) is 0.284. The highest BCUT2D eigenvalue weighted by Crippen LogP contribution is 2.30. The molecule has 0 radical (unpaired) electrons. The van der Waals surface area contributed by atoms with Crippen LogP contribution in [0, 0.1) is 0 Å². The molecular weight excluding hydrogens is 548 g/mol. The lowest BCUT2D eigenvalue weighted by Crippen LogP contribution is -2.34. The Morgan fingerprint density at radius 3 is 2.45 bits per heavy atom. The topological polar surface area (TPSA) is 71.3 Å². The molecule has 6 nitrogen and oxygen atoms in total. The van der Waals surface area contributed by atoms with Crippen LogP contribution in [0.2, 0.25) is 0 Å². The summed E-state index contributed by atoms with van der Waals surface area (Å²) in [5.74, 6) is 0.484. The number of fused-ring (bicyclic) bond motifs is 1. The zero-order valence-electron chi connectivity index (χ0n) is 17.9. The van der Waals surface area contributed by atoms with Crippen LogP contribution in [-0.2, 0) is 0 Å². The van der Waals surface area contributed by atoms with Gasteiger partial charge in [-0.2, -0.15) is 0 Å². The zero-order chi connectivity index (χ0) is 22.8. The number of nitrogens with one attached hydrogen (secondary N) is 1. The van der Waals surface area contributed by atoms with Crippen molar-refractivity contribution in [2.75, 3.05) is 25.1 Å². The molecular formula is C25H22Br2N4O2. The molecule has 1 saturated heterocycles. The maximum absolute atomic E-state index is 12.9. The van der Waals surface area contributed by atoms with E-state index < -0.39 is 5.63 Å². The van der Waals surface area contributed by atoms with Crippen LogP contribution in [0.4, 0.5) is 5.95 Å². The molecule has 4 aromatic rings. The van der Waals surface area contributed by atoms with Gasteiger partial charge in [-0.15, -0.1) is 0 Å². The Labute approximate surface area is 208 Å². The van der Waals surface area contributed by atoms with Crippen LogP contribution in [0.3, 0.4) is 0 Å². The first kappa shape index (κ1) is 22.3. The van der Waals surface area contributed by atoms with E-state index in [1.165, 1.54) is 19.3 Å². The largest absolute Gasteiger partial charge is 0.422 e. The van der Waals surface area contributed by atoms with E-state index in [1.807, 2.05) is 48.5 Å². The fourth-order valence-corrected chi connectivity index (χ4v) is 4.91. The highest BCUT2D eigenvalue weighted by molar-refractivity contribution is 9.10. The molecule has 5 rings (SSSR count). The summed E-state index contributed by atoms with van der Waals surface area (Å²) in [7, 11) is 0. The molecule has 0 aliphatic carbocycles. The second-order valence-corrected chi connectivity index (χ2v) is 9.86. The lowest BCUT2D eigenvalue weighted by molar-refractivity contribution is 0.243. The Hall–Kier alpha value is -2.55. The van der Waals surface area contributed by atoms with Crippen molar-refractivity contribution in [2.45, 2.75) is 19.3 Å². The number of rotatable bonds is 5. The molecule has 1 aliphatic rings. The second-order valence-electron chi connectivity index (χ2n) is 8.09. The number of aromatic nitrogens is 2. The third-order valence-corrected chi connectivity index (χ3v) is 6.94. The van der Waals surface area contributed by atoms with Gasteiger partial charge < -0.3 is 9.73 Å². The number of likely N-dealkylation sites (tertiary alicyclic amines) is 1. The van der Waals surface area contributed by atoms with Gasteiger partial charge in [-0.05, 0) is 62.3 Å². The minimum atomic E-state index is -0.427. The van der Waals surface area contributed by atoms with Gasteiger partial charge in [-0.1, -0.05) is 56.5 Å². The molecule has 2 aromatic heterocycles. The molecule has 0 spiro atoms. The summed E-state index contributed by atoms with van der Waals surface area (Å²) in [6.45, 7) is 2.79. The average Bonchev–Trinajstić information content (AvgIpc) is 2.83. The van der Waals surface area contributed by atoms with Gasteiger partial charge in [0.1, 0.15) is 5.58 Å². The maximum Gasteiger partial charge on any atom is 0.345 e. The molecule has 33 heavy (non-hydrogen) atoms. The highest BCUT2D eigenvalue weighted by Gasteiger charge is 2.16. The molecule has 0 saturated carbocycles. The summed E-state index contributed by atoms with van der Waals surface area (Å²) in [6.07, 6.45) is 3.69. The Balaban J connectivity index is 1.59. The third-order valence-electron chi connectivity index (χ3n) is 5.76. The van der Waals surface area contributed by atoms with Gasteiger partial charge in [-0.3, -0.25) is 4.90 Å². The van der Waals surface area contributed by atoms with Crippen LogP contribution in [0.25, 0.3) is 33.5 Å². The van der Waals surface area contributed by atoms with Crippen molar-refractivity contribution >= 4 is 48.8 Å². The van der Waals surface area contributed by atoms with Crippen molar-refractivity contribution in [3.05, 3.63) is 74.0 Å². The van der Waals surface area contributed by atoms with E-state index in [4.69, 9.17) is 14.4 Å². The standard InChI is InChI=1S/C25H22Br2N4O2/c26-17-8-9-23-16(12-17)13-19(24(32)33-23)22-14-21(18-6-2-3-7-20(18)27)29-25(30-22)28-15-31-10-4-1-5-11-31/h2-3,6-9,12-14H,1,4-5,10-11,15H2,(H,28,29,30). The van der Waals surface area contributed by atoms with Crippen LogP contribution in [0.15, 0.2) is 72.8 Å². The molecule has 0 bridgehead atoms. The van der Waals surface area contributed by atoms with E-state index in [0.717, 1.165) is 38.7 Å². The SMILES string of the molecule is O=c1oc2ccc(Br)cc2cc1-c1cc(-c2ccccc2Br)nc(NCN2CCCCC2)n1. The zero-order valence-corrected chi connectivity index (χ0v) is 21.0. The van der Waals surface area contributed by atoms with E-state index >= 15 is 0 Å². The Bertz CT molecular complexity index is 1370.